The Kier molecular flexibility index (Phi) is 8.35. The van der Waals surface area contributed by atoms with E-state index in [4.69, 9.17) is 9.94 Å². The largest absolute Gasteiger partial charge is 0.368 e. The topological polar surface area (TPSA) is 87.7 Å². The first-order chi connectivity index (χ1) is 15.0. The SMILES string of the molecule is CC1(c2ccc(-c3ccc(C(=O)CCCCCCC(=O)NO)cc3)cc2)CNCCO1. The summed E-state index contributed by atoms with van der Waals surface area (Å²) in [4.78, 5) is 23.4. The van der Waals surface area contributed by atoms with Gasteiger partial charge in [-0.15, -0.1) is 0 Å². The van der Waals surface area contributed by atoms with E-state index in [9.17, 15) is 9.59 Å². The number of hydrogen-bond donors (Lipinski definition) is 3. The van der Waals surface area contributed by atoms with Crippen molar-refractivity contribution in [3.63, 3.8) is 0 Å². The number of hydrogen-bond acceptors (Lipinski definition) is 5. The van der Waals surface area contributed by atoms with Crippen LogP contribution in [0.5, 0.6) is 0 Å². The Labute approximate surface area is 184 Å². The van der Waals surface area contributed by atoms with Gasteiger partial charge in [-0.1, -0.05) is 61.4 Å². The molecule has 1 heterocycles. The van der Waals surface area contributed by atoms with Crippen LogP contribution in [0, 0.1) is 0 Å². The van der Waals surface area contributed by atoms with Crippen molar-refractivity contribution in [2.45, 2.75) is 51.0 Å². The average molecular weight is 425 g/mol. The Hall–Kier alpha value is -2.54. The van der Waals surface area contributed by atoms with E-state index in [0.717, 1.165) is 61.0 Å². The van der Waals surface area contributed by atoms with Crippen LogP contribution < -0.4 is 10.8 Å². The van der Waals surface area contributed by atoms with Crippen LogP contribution in [0.4, 0.5) is 0 Å². The summed E-state index contributed by atoms with van der Waals surface area (Å²) in [6.07, 6.45) is 4.11. The molecule has 1 fully saturated rings. The molecule has 1 amide bonds. The fraction of sp³-hybridized carbons (Fsp3) is 0.440. The molecular weight excluding hydrogens is 392 g/mol. The Bertz CT molecular complexity index is 856. The maximum Gasteiger partial charge on any atom is 0.243 e. The van der Waals surface area contributed by atoms with E-state index in [0.29, 0.717) is 19.4 Å². The number of ketones is 1. The molecule has 1 unspecified atom stereocenters. The Morgan fingerprint density at radius 1 is 0.968 bits per heavy atom. The van der Waals surface area contributed by atoms with Crippen LogP contribution in [0.15, 0.2) is 48.5 Å². The lowest BCUT2D eigenvalue weighted by atomic mass is 9.92. The molecule has 31 heavy (non-hydrogen) atoms. The summed E-state index contributed by atoms with van der Waals surface area (Å²) in [6, 6.07) is 16.2. The van der Waals surface area contributed by atoms with Crippen molar-refractivity contribution in [3.05, 3.63) is 59.7 Å². The predicted octanol–water partition coefficient (Wildman–Crippen LogP) is 4.22. The normalized spacial score (nSPS) is 18.5. The minimum absolute atomic E-state index is 0.143. The van der Waals surface area contributed by atoms with E-state index in [-0.39, 0.29) is 17.3 Å². The Morgan fingerprint density at radius 2 is 1.58 bits per heavy atom. The van der Waals surface area contributed by atoms with Crippen LogP contribution in [0.1, 0.15) is 61.4 Å². The molecule has 166 valence electrons. The third-order valence-electron chi connectivity index (χ3n) is 5.88. The maximum absolute atomic E-state index is 12.4. The second-order valence-corrected chi connectivity index (χ2v) is 8.28. The first kappa shape index (κ1) is 23.1. The van der Waals surface area contributed by atoms with E-state index >= 15 is 0 Å². The Balaban J connectivity index is 1.49. The number of rotatable bonds is 10. The minimum atomic E-state index is -0.362. The van der Waals surface area contributed by atoms with Crippen molar-refractivity contribution < 1.29 is 19.5 Å². The van der Waals surface area contributed by atoms with Crippen molar-refractivity contribution in [1.29, 1.82) is 0 Å². The first-order valence-corrected chi connectivity index (χ1v) is 11.0. The van der Waals surface area contributed by atoms with Crippen molar-refractivity contribution in [2.75, 3.05) is 19.7 Å². The van der Waals surface area contributed by atoms with E-state index < -0.39 is 0 Å². The molecule has 3 N–H and O–H groups in total. The molecular formula is C25H32N2O4. The van der Waals surface area contributed by atoms with Crippen molar-refractivity contribution in [3.8, 4) is 11.1 Å². The zero-order valence-electron chi connectivity index (χ0n) is 18.2. The van der Waals surface area contributed by atoms with Gasteiger partial charge in [0.05, 0.1) is 6.61 Å². The lowest BCUT2D eigenvalue weighted by Gasteiger charge is -2.35. The second-order valence-electron chi connectivity index (χ2n) is 8.28. The highest BCUT2D eigenvalue weighted by molar-refractivity contribution is 5.96. The zero-order chi connectivity index (χ0) is 22.1. The van der Waals surface area contributed by atoms with Crippen LogP contribution in [-0.2, 0) is 15.1 Å². The number of nitrogens with one attached hydrogen (secondary N) is 2. The van der Waals surface area contributed by atoms with Gasteiger partial charge >= 0.3 is 0 Å². The number of hydroxylamine groups is 1. The van der Waals surface area contributed by atoms with Gasteiger partial charge in [0.2, 0.25) is 5.91 Å². The van der Waals surface area contributed by atoms with Gasteiger partial charge in [-0.3, -0.25) is 14.8 Å². The summed E-state index contributed by atoms with van der Waals surface area (Å²) in [5.41, 5.74) is 5.42. The number of carbonyl (C=O) groups is 2. The number of Topliss-reactive ketones (excluding diaryl/α,β-unsaturated/α-hetero) is 1. The van der Waals surface area contributed by atoms with Gasteiger partial charge in [-0.25, -0.2) is 5.48 Å². The molecule has 2 aromatic carbocycles. The van der Waals surface area contributed by atoms with E-state index in [1.807, 2.05) is 24.3 Å². The molecule has 6 nitrogen and oxygen atoms in total. The number of amides is 1. The number of ether oxygens (including phenoxy) is 1. The number of morpholine rings is 1. The van der Waals surface area contributed by atoms with E-state index in [2.05, 4.69) is 36.5 Å². The maximum atomic E-state index is 12.4. The lowest BCUT2D eigenvalue weighted by Crippen LogP contribution is -2.45. The summed E-state index contributed by atoms with van der Waals surface area (Å²) in [5, 5.41) is 11.8. The summed E-state index contributed by atoms with van der Waals surface area (Å²) in [6.45, 7) is 4.53. The van der Waals surface area contributed by atoms with E-state index in [1.165, 1.54) is 0 Å². The van der Waals surface area contributed by atoms with E-state index in [1.54, 1.807) is 5.48 Å². The summed E-state index contributed by atoms with van der Waals surface area (Å²) < 4.78 is 5.98. The van der Waals surface area contributed by atoms with Crippen LogP contribution in [0.2, 0.25) is 0 Å². The quantitative estimate of drug-likeness (QED) is 0.230. The van der Waals surface area contributed by atoms with Crippen LogP contribution in [0.25, 0.3) is 11.1 Å². The van der Waals surface area contributed by atoms with Gasteiger partial charge in [0, 0.05) is 31.5 Å². The molecule has 0 spiro atoms. The average Bonchev–Trinajstić information content (AvgIpc) is 2.81. The van der Waals surface area contributed by atoms with Crippen molar-refractivity contribution >= 4 is 11.7 Å². The molecule has 1 aliphatic rings. The van der Waals surface area contributed by atoms with Gasteiger partial charge < -0.3 is 10.1 Å². The molecule has 0 aliphatic carbocycles. The smallest absolute Gasteiger partial charge is 0.243 e. The second kappa shape index (κ2) is 11.2. The third kappa shape index (κ3) is 6.47. The zero-order valence-corrected chi connectivity index (χ0v) is 18.2. The molecule has 0 aromatic heterocycles. The van der Waals surface area contributed by atoms with Crippen LogP contribution in [0.3, 0.4) is 0 Å². The van der Waals surface area contributed by atoms with Gasteiger partial charge in [0.1, 0.15) is 5.60 Å². The minimum Gasteiger partial charge on any atom is -0.368 e. The number of benzene rings is 2. The van der Waals surface area contributed by atoms with Crippen molar-refractivity contribution in [2.24, 2.45) is 0 Å². The summed E-state index contributed by atoms with van der Waals surface area (Å²) >= 11 is 0. The lowest BCUT2D eigenvalue weighted by molar-refractivity contribution is -0.129. The standard InChI is InChI=1S/C25H32N2O4/c1-25(18-26-16-17-31-25)22-14-12-20(13-15-22)19-8-10-21(11-9-19)23(28)6-4-2-3-5-7-24(29)27-30/h8-15,26,30H,2-7,16-18H2,1H3,(H,27,29). The molecule has 1 atom stereocenters. The summed E-state index contributed by atoms with van der Waals surface area (Å²) in [7, 11) is 0. The molecule has 6 heteroatoms. The number of carbonyl (C=O) groups excluding carboxylic acids is 2. The van der Waals surface area contributed by atoms with Crippen molar-refractivity contribution in [1.82, 2.24) is 10.8 Å². The summed E-state index contributed by atoms with van der Waals surface area (Å²) in [5.74, 6) is -0.218. The monoisotopic (exact) mass is 424 g/mol. The fourth-order valence-electron chi connectivity index (χ4n) is 3.90. The molecule has 0 saturated carbocycles. The molecule has 0 bridgehead atoms. The number of unbranched alkanes of at least 4 members (excludes halogenated alkanes) is 3. The van der Waals surface area contributed by atoms with Gasteiger partial charge in [-0.2, -0.15) is 0 Å². The molecule has 0 radical (unpaired) electrons. The highest BCUT2D eigenvalue weighted by Gasteiger charge is 2.29. The first-order valence-electron chi connectivity index (χ1n) is 11.0. The van der Waals surface area contributed by atoms with Crippen LogP contribution >= 0.6 is 0 Å². The molecule has 2 aromatic rings. The van der Waals surface area contributed by atoms with Gasteiger partial charge in [0.25, 0.3) is 0 Å². The predicted molar refractivity (Wildman–Crippen MR) is 120 cm³/mol. The highest BCUT2D eigenvalue weighted by atomic mass is 16.5. The highest BCUT2D eigenvalue weighted by Crippen LogP contribution is 2.29. The fourth-order valence-corrected chi connectivity index (χ4v) is 3.90. The Morgan fingerprint density at radius 3 is 2.16 bits per heavy atom. The van der Waals surface area contributed by atoms with Gasteiger partial charge in [-0.05, 0) is 36.5 Å². The van der Waals surface area contributed by atoms with Gasteiger partial charge in [0.15, 0.2) is 5.78 Å². The third-order valence-corrected chi connectivity index (χ3v) is 5.88. The molecule has 1 saturated heterocycles. The molecule has 3 rings (SSSR count). The van der Waals surface area contributed by atoms with Crippen LogP contribution in [-0.4, -0.2) is 36.6 Å². The molecule has 1 aliphatic heterocycles.